The van der Waals surface area contributed by atoms with Crippen LogP contribution in [0.15, 0.2) is 66.0 Å². The molecule has 1 heterocycles. The molecule has 1 aromatic heterocycles. The molecular formula is C18H17ClN2OS. The largest absolute Gasteiger partial charge is 0.374 e. The topological polar surface area (TPSA) is 27.1 Å². The smallest absolute Gasteiger partial charge is 0.171 e. The van der Waals surface area contributed by atoms with E-state index in [1.807, 2.05) is 42.5 Å². The summed E-state index contributed by atoms with van der Waals surface area (Å²) in [7, 11) is 1.69. The Kier molecular flexibility index (Phi) is 5.39. The Hall–Kier alpha value is -1.75. The lowest BCUT2D eigenvalue weighted by atomic mass is 10.2. The third kappa shape index (κ3) is 3.96. The minimum atomic E-state index is 0.563. The normalized spacial score (nSPS) is 10.9. The van der Waals surface area contributed by atoms with Gasteiger partial charge in [0.2, 0.25) is 0 Å². The van der Waals surface area contributed by atoms with Crippen molar-refractivity contribution in [3.05, 3.63) is 71.4 Å². The van der Waals surface area contributed by atoms with Gasteiger partial charge in [-0.25, -0.2) is 4.98 Å². The van der Waals surface area contributed by atoms with E-state index < -0.39 is 0 Å². The van der Waals surface area contributed by atoms with Gasteiger partial charge in [-0.15, -0.1) is 0 Å². The number of aromatic nitrogens is 2. The molecule has 0 aliphatic heterocycles. The highest BCUT2D eigenvalue weighted by Gasteiger charge is 2.11. The predicted octanol–water partition coefficient (Wildman–Crippen LogP) is 4.95. The van der Waals surface area contributed by atoms with Gasteiger partial charge in [-0.05, 0) is 11.6 Å². The molecule has 0 unspecified atom stereocenters. The summed E-state index contributed by atoms with van der Waals surface area (Å²) in [6.07, 6.45) is 2.07. The maximum Gasteiger partial charge on any atom is 0.171 e. The number of nitrogens with zero attached hydrogens (tertiary/aromatic N) is 2. The zero-order valence-corrected chi connectivity index (χ0v) is 14.3. The molecule has 118 valence electrons. The average molecular weight is 345 g/mol. The maximum atomic E-state index is 6.29. The number of hydrogen-bond acceptors (Lipinski definition) is 3. The highest BCUT2D eigenvalue weighted by molar-refractivity contribution is 7.99. The van der Waals surface area contributed by atoms with Crippen molar-refractivity contribution in [2.24, 2.45) is 0 Å². The lowest BCUT2D eigenvalue weighted by molar-refractivity contribution is 0.258. The molecule has 0 saturated heterocycles. The van der Waals surface area contributed by atoms with Gasteiger partial charge in [0.25, 0.3) is 0 Å². The van der Waals surface area contributed by atoms with Gasteiger partial charge in [-0.3, -0.25) is 0 Å². The number of methoxy groups -OCH3 is 1. The zero-order chi connectivity index (χ0) is 16.1. The molecule has 0 amide bonds. The van der Waals surface area contributed by atoms with Gasteiger partial charge < -0.3 is 9.30 Å². The number of halogens is 1. The van der Waals surface area contributed by atoms with Crippen LogP contribution >= 0.6 is 23.4 Å². The molecule has 0 aliphatic carbocycles. The van der Waals surface area contributed by atoms with Crippen LogP contribution in [0.3, 0.4) is 0 Å². The Balaban J connectivity index is 1.94. The van der Waals surface area contributed by atoms with Crippen molar-refractivity contribution in [2.75, 3.05) is 13.0 Å². The van der Waals surface area contributed by atoms with Gasteiger partial charge in [0.1, 0.15) is 0 Å². The van der Waals surface area contributed by atoms with Crippen molar-refractivity contribution in [3.8, 4) is 11.3 Å². The van der Waals surface area contributed by atoms with Crippen LogP contribution in [0.5, 0.6) is 0 Å². The molecule has 5 heteroatoms. The standard InChI is InChI=1S/C18H17ClN2OS/c1-22-13-23-18-20-17(14-7-3-2-4-8-14)12-21(18)11-15-9-5-6-10-16(15)19/h2-10,12H,11,13H2,1H3. The fourth-order valence-electron chi connectivity index (χ4n) is 2.30. The summed E-state index contributed by atoms with van der Waals surface area (Å²) >= 11 is 7.86. The van der Waals surface area contributed by atoms with Crippen LogP contribution in [0.4, 0.5) is 0 Å². The number of hydrogen-bond donors (Lipinski definition) is 0. The quantitative estimate of drug-likeness (QED) is 0.467. The van der Waals surface area contributed by atoms with Gasteiger partial charge in [0, 0.05) is 23.9 Å². The zero-order valence-electron chi connectivity index (χ0n) is 12.8. The van der Waals surface area contributed by atoms with E-state index in [4.69, 9.17) is 21.3 Å². The van der Waals surface area contributed by atoms with Crippen LogP contribution in [0.25, 0.3) is 11.3 Å². The molecule has 2 aromatic carbocycles. The molecule has 0 atom stereocenters. The summed E-state index contributed by atoms with van der Waals surface area (Å²) in [6.45, 7) is 0.686. The summed E-state index contributed by atoms with van der Waals surface area (Å²) in [5.74, 6) is 0.563. The summed E-state index contributed by atoms with van der Waals surface area (Å²) < 4.78 is 7.29. The minimum absolute atomic E-state index is 0.563. The van der Waals surface area contributed by atoms with E-state index in [0.717, 1.165) is 27.0 Å². The number of ether oxygens (including phenoxy) is 1. The second-order valence-electron chi connectivity index (χ2n) is 5.04. The molecule has 0 aliphatic rings. The third-order valence-electron chi connectivity index (χ3n) is 3.41. The van der Waals surface area contributed by atoms with E-state index in [1.165, 1.54) is 0 Å². The second-order valence-corrected chi connectivity index (χ2v) is 6.34. The monoisotopic (exact) mass is 344 g/mol. The number of benzene rings is 2. The fourth-order valence-corrected chi connectivity index (χ4v) is 3.16. The van der Waals surface area contributed by atoms with Crippen molar-refractivity contribution >= 4 is 23.4 Å². The van der Waals surface area contributed by atoms with Crippen molar-refractivity contribution in [1.29, 1.82) is 0 Å². The van der Waals surface area contributed by atoms with Crippen LogP contribution in [0, 0.1) is 0 Å². The van der Waals surface area contributed by atoms with Crippen molar-refractivity contribution in [1.82, 2.24) is 9.55 Å². The first-order valence-corrected chi connectivity index (χ1v) is 8.62. The highest BCUT2D eigenvalue weighted by atomic mass is 35.5. The predicted molar refractivity (Wildman–Crippen MR) is 96.0 cm³/mol. The Morgan fingerprint density at radius 3 is 2.57 bits per heavy atom. The van der Waals surface area contributed by atoms with E-state index in [9.17, 15) is 0 Å². The Labute approximate surface area is 145 Å². The summed E-state index contributed by atoms with van der Waals surface area (Å²) in [6, 6.07) is 18.1. The Morgan fingerprint density at radius 2 is 1.83 bits per heavy atom. The Morgan fingerprint density at radius 1 is 1.09 bits per heavy atom. The second kappa shape index (κ2) is 7.68. The SMILES string of the molecule is COCSc1nc(-c2ccccc2)cn1Cc1ccccc1Cl. The van der Waals surface area contributed by atoms with Crippen molar-refractivity contribution in [2.45, 2.75) is 11.7 Å². The van der Waals surface area contributed by atoms with Crippen LogP contribution < -0.4 is 0 Å². The van der Waals surface area contributed by atoms with E-state index in [0.29, 0.717) is 12.5 Å². The molecule has 23 heavy (non-hydrogen) atoms. The number of rotatable bonds is 6. The van der Waals surface area contributed by atoms with Gasteiger partial charge in [0.05, 0.1) is 18.2 Å². The maximum absolute atomic E-state index is 6.29. The number of imidazole rings is 1. The molecule has 0 N–H and O–H groups in total. The first kappa shape index (κ1) is 16.1. The first-order chi connectivity index (χ1) is 11.3. The van der Waals surface area contributed by atoms with E-state index in [-0.39, 0.29) is 0 Å². The first-order valence-electron chi connectivity index (χ1n) is 7.25. The lowest BCUT2D eigenvalue weighted by Gasteiger charge is -2.08. The third-order valence-corrected chi connectivity index (χ3v) is 4.72. The fraction of sp³-hybridized carbons (Fsp3) is 0.167. The molecular weight excluding hydrogens is 328 g/mol. The molecule has 0 saturated carbocycles. The van der Waals surface area contributed by atoms with Crippen LogP contribution in [-0.4, -0.2) is 22.6 Å². The minimum Gasteiger partial charge on any atom is -0.374 e. The number of thioether (sulfide) groups is 1. The van der Waals surface area contributed by atoms with E-state index in [1.54, 1.807) is 18.9 Å². The molecule has 3 nitrogen and oxygen atoms in total. The Bertz CT molecular complexity index is 774. The molecule has 0 radical (unpaired) electrons. The summed E-state index contributed by atoms with van der Waals surface area (Å²) in [4.78, 5) is 4.75. The van der Waals surface area contributed by atoms with Gasteiger partial charge in [-0.2, -0.15) is 0 Å². The van der Waals surface area contributed by atoms with Gasteiger partial charge >= 0.3 is 0 Å². The molecule has 0 fully saturated rings. The van der Waals surface area contributed by atoms with Crippen molar-refractivity contribution in [3.63, 3.8) is 0 Å². The summed E-state index contributed by atoms with van der Waals surface area (Å²) in [5.41, 5.74) is 3.13. The van der Waals surface area contributed by atoms with Crippen molar-refractivity contribution < 1.29 is 4.74 Å². The van der Waals surface area contributed by atoms with E-state index >= 15 is 0 Å². The molecule has 3 aromatic rings. The summed E-state index contributed by atoms with van der Waals surface area (Å²) in [5, 5.41) is 1.69. The van der Waals surface area contributed by atoms with Crippen LogP contribution in [0.2, 0.25) is 5.02 Å². The average Bonchev–Trinajstić information content (AvgIpc) is 2.99. The van der Waals surface area contributed by atoms with Crippen LogP contribution in [0.1, 0.15) is 5.56 Å². The molecule has 0 bridgehead atoms. The highest BCUT2D eigenvalue weighted by Crippen LogP contribution is 2.26. The van der Waals surface area contributed by atoms with Gasteiger partial charge in [-0.1, -0.05) is 71.9 Å². The molecule has 3 rings (SSSR count). The van der Waals surface area contributed by atoms with Crippen LogP contribution in [-0.2, 0) is 11.3 Å². The van der Waals surface area contributed by atoms with E-state index in [2.05, 4.69) is 22.9 Å². The van der Waals surface area contributed by atoms with Gasteiger partial charge in [0.15, 0.2) is 5.16 Å². The molecule has 0 spiro atoms. The lowest BCUT2D eigenvalue weighted by Crippen LogP contribution is -2.01.